The van der Waals surface area contributed by atoms with E-state index in [1.165, 1.54) is 0 Å². The Hall–Kier alpha value is -1.67. The van der Waals surface area contributed by atoms with Crippen molar-refractivity contribution in [2.75, 3.05) is 46.4 Å². The molecule has 0 bridgehead atoms. The molecule has 1 spiro atoms. The van der Waals surface area contributed by atoms with Gasteiger partial charge in [0.2, 0.25) is 0 Å². The average Bonchev–Trinajstić information content (AvgIpc) is 3.10. The first-order chi connectivity index (χ1) is 12.9. The van der Waals surface area contributed by atoms with E-state index in [0.717, 1.165) is 64.5 Å². The summed E-state index contributed by atoms with van der Waals surface area (Å²) in [5, 5.41) is 4.29. The molecule has 27 heavy (non-hydrogen) atoms. The van der Waals surface area contributed by atoms with Crippen molar-refractivity contribution in [2.45, 2.75) is 52.2 Å². The van der Waals surface area contributed by atoms with Gasteiger partial charge in [0.1, 0.15) is 12.2 Å². The van der Waals surface area contributed by atoms with Gasteiger partial charge in [-0.25, -0.2) is 14.5 Å². The molecule has 8 nitrogen and oxygen atoms in total. The number of rotatable bonds is 5. The highest BCUT2D eigenvalue weighted by Gasteiger charge is 2.43. The summed E-state index contributed by atoms with van der Waals surface area (Å²) < 4.78 is 7.38. The average molecular weight is 379 g/mol. The zero-order valence-electron chi connectivity index (χ0n) is 17.2. The van der Waals surface area contributed by atoms with Crippen molar-refractivity contribution in [1.29, 1.82) is 0 Å². The van der Waals surface area contributed by atoms with E-state index in [-0.39, 0.29) is 11.6 Å². The smallest absolute Gasteiger partial charge is 0.409 e. The molecule has 2 fully saturated rings. The van der Waals surface area contributed by atoms with Crippen LogP contribution in [0.4, 0.5) is 4.79 Å². The number of hydrogen-bond donors (Lipinski definition) is 0. The van der Waals surface area contributed by atoms with Crippen LogP contribution in [0, 0.1) is 5.92 Å². The zero-order valence-corrected chi connectivity index (χ0v) is 17.2. The molecule has 1 aromatic heterocycles. The molecule has 0 N–H and O–H groups in total. The van der Waals surface area contributed by atoms with Crippen molar-refractivity contribution in [3.63, 3.8) is 0 Å². The van der Waals surface area contributed by atoms with Gasteiger partial charge in [0.15, 0.2) is 0 Å². The lowest BCUT2D eigenvalue weighted by Crippen LogP contribution is -2.64. The largest absolute Gasteiger partial charge is 0.449 e. The molecule has 2 aliphatic rings. The Bertz CT molecular complexity index is 623. The Labute approximate surface area is 162 Å². The van der Waals surface area contributed by atoms with Gasteiger partial charge in [0, 0.05) is 44.8 Å². The number of aromatic nitrogens is 3. The number of amides is 1. The van der Waals surface area contributed by atoms with Crippen LogP contribution in [0.3, 0.4) is 0 Å². The van der Waals surface area contributed by atoms with Gasteiger partial charge >= 0.3 is 6.09 Å². The Balaban J connectivity index is 1.57. The molecule has 0 radical (unpaired) electrons. The molecule has 1 amide bonds. The van der Waals surface area contributed by atoms with Gasteiger partial charge in [-0.2, -0.15) is 5.10 Å². The van der Waals surface area contributed by atoms with Crippen molar-refractivity contribution < 1.29 is 9.53 Å². The summed E-state index contributed by atoms with van der Waals surface area (Å²) in [6.07, 6.45) is 3.45. The van der Waals surface area contributed by atoms with Crippen LogP contribution in [0.25, 0.3) is 0 Å². The van der Waals surface area contributed by atoms with E-state index in [1.807, 2.05) is 9.58 Å². The minimum Gasteiger partial charge on any atom is -0.449 e. The van der Waals surface area contributed by atoms with Gasteiger partial charge in [-0.1, -0.05) is 13.8 Å². The van der Waals surface area contributed by atoms with Gasteiger partial charge in [0.05, 0.1) is 13.2 Å². The highest BCUT2D eigenvalue weighted by Crippen LogP contribution is 2.32. The van der Waals surface area contributed by atoms with Crippen molar-refractivity contribution in [3.8, 4) is 0 Å². The minimum absolute atomic E-state index is 0.129. The van der Waals surface area contributed by atoms with E-state index < -0.39 is 0 Å². The second-order valence-corrected chi connectivity index (χ2v) is 8.31. The third kappa shape index (κ3) is 4.60. The molecule has 2 aliphatic heterocycles. The minimum atomic E-state index is -0.162. The topological polar surface area (TPSA) is 66.7 Å². The van der Waals surface area contributed by atoms with Gasteiger partial charge < -0.3 is 9.64 Å². The predicted molar refractivity (Wildman–Crippen MR) is 103 cm³/mol. The maximum absolute atomic E-state index is 12.3. The molecule has 0 aliphatic carbocycles. The number of carbonyl (C=O) groups is 1. The van der Waals surface area contributed by atoms with Gasteiger partial charge in [0.25, 0.3) is 0 Å². The third-order valence-corrected chi connectivity index (χ3v) is 5.93. The fourth-order valence-corrected chi connectivity index (χ4v) is 4.13. The molecule has 1 aromatic rings. The van der Waals surface area contributed by atoms with Crippen LogP contribution in [-0.4, -0.2) is 87.5 Å². The lowest BCUT2D eigenvalue weighted by molar-refractivity contribution is -0.0303. The number of hydrogen-bond acceptors (Lipinski definition) is 6. The fraction of sp³-hybridized carbons (Fsp3) is 0.842. The van der Waals surface area contributed by atoms with E-state index in [2.05, 4.69) is 47.7 Å². The zero-order chi connectivity index (χ0) is 19.4. The van der Waals surface area contributed by atoms with Crippen LogP contribution in [0.5, 0.6) is 0 Å². The number of likely N-dealkylation sites (N-methyl/N-ethyl adjacent to an activating group) is 1. The molecule has 2 saturated heterocycles. The number of piperazine rings is 1. The second-order valence-electron chi connectivity index (χ2n) is 8.31. The van der Waals surface area contributed by atoms with Crippen LogP contribution in [0.2, 0.25) is 0 Å². The highest BCUT2D eigenvalue weighted by molar-refractivity contribution is 5.67. The van der Waals surface area contributed by atoms with Crippen LogP contribution < -0.4 is 0 Å². The quantitative estimate of drug-likeness (QED) is 0.777. The molecular weight excluding hydrogens is 344 g/mol. The van der Waals surface area contributed by atoms with E-state index in [1.54, 1.807) is 6.33 Å². The van der Waals surface area contributed by atoms with Crippen LogP contribution in [0.15, 0.2) is 6.33 Å². The summed E-state index contributed by atoms with van der Waals surface area (Å²) in [4.78, 5) is 23.5. The summed E-state index contributed by atoms with van der Waals surface area (Å²) in [6.45, 7) is 13.0. The lowest BCUT2D eigenvalue weighted by Gasteiger charge is -2.52. The summed E-state index contributed by atoms with van der Waals surface area (Å²) in [7, 11) is 2.22. The summed E-state index contributed by atoms with van der Waals surface area (Å²) in [5.41, 5.74) is 0.129. The number of carbonyl (C=O) groups excluding carboxylic acids is 1. The third-order valence-electron chi connectivity index (χ3n) is 5.93. The molecular formula is C19H34N6O2. The standard InChI is InChI=1S/C19H34N6O2/c1-5-25-17(20-15-21-25)12-23-11-10-22(4)19(14-23)6-8-24(9-7-19)18(26)27-13-16(2)3/h15-16H,5-14H2,1-4H3. The summed E-state index contributed by atoms with van der Waals surface area (Å²) in [6, 6.07) is 0. The monoisotopic (exact) mass is 378 g/mol. The van der Waals surface area contributed by atoms with E-state index in [4.69, 9.17) is 4.74 Å². The van der Waals surface area contributed by atoms with Gasteiger partial charge in [-0.3, -0.25) is 9.80 Å². The Morgan fingerprint density at radius 1 is 1.26 bits per heavy atom. The lowest BCUT2D eigenvalue weighted by atomic mass is 9.84. The van der Waals surface area contributed by atoms with Crippen LogP contribution in [0.1, 0.15) is 39.4 Å². The first-order valence-corrected chi connectivity index (χ1v) is 10.2. The maximum atomic E-state index is 12.3. The maximum Gasteiger partial charge on any atom is 0.409 e. The predicted octanol–water partition coefficient (Wildman–Crippen LogP) is 1.67. The Morgan fingerprint density at radius 3 is 2.67 bits per heavy atom. The van der Waals surface area contributed by atoms with Crippen molar-refractivity contribution in [3.05, 3.63) is 12.2 Å². The molecule has 0 unspecified atom stereocenters. The van der Waals surface area contributed by atoms with E-state index >= 15 is 0 Å². The molecule has 3 rings (SSSR count). The van der Waals surface area contributed by atoms with Gasteiger partial charge in [-0.05, 0) is 32.7 Å². The molecule has 0 atom stereocenters. The van der Waals surface area contributed by atoms with E-state index in [9.17, 15) is 4.79 Å². The number of likely N-dealkylation sites (tertiary alicyclic amines) is 1. The SMILES string of the molecule is CCn1ncnc1CN1CCN(C)C2(CCN(C(=O)OCC(C)C)CC2)C1. The number of aryl methyl sites for hydroxylation is 1. The Morgan fingerprint density at radius 2 is 2.00 bits per heavy atom. The molecule has 0 aromatic carbocycles. The Kier molecular flexibility index (Phi) is 6.37. The number of ether oxygens (including phenoxy) is 1. The first kappa shape index (κ1) is 20.1. The molecule has 8 heteroatoms. The molecule has 152 valence electrons. The van der Waals surface area contributed by atoms with Crippen LogP contribution in [-0.2, 0) is 17.8 Å². The number of piperidine rings is 1. The summed E-state index contributed by atoms with van der Waals surface area (Å²) >= 11 is 0. The van der Waals surface area contributed by atoms with E-state index in [0.29, 0.717) is 12.5 Å². The number of nitrogens with zero attached hydrogens (tertiary/aromatic N) is 6. The van der Waals surface area contributed by atoms with Crippen molar-refractivity contribution in [2.24, 2.45) is 5.92 Å². The summed E-state index contributed by atoms with van der Waals surface area (Å²) in [5.74, 6) is 1.40. The van der Waals surface area contributed by atoms with Crippen molar-refractivity contribution in [1.82, 2.24) is 29.5 Å². The highest BCUT2D eigenvalue weighted by atomic mass is 16.6. The van der Waals surface area contributed by atoms with Crippen molar-refractivity contribution >= 4 is 6.09 Å². The molecule has 3 heterocycles. The van der Waals surface area contributed by atoms with Gasteiger partial charge in [-0.15, -0.1) is 0 Å². The van der Waals surface area contributed by atoms with Crippen LogP contribution >= 0.6 is 0 Å². The normalized spacial score (nSPS) is 21.1. The fourth-order valence-electron chi connectivity index (χ4n) is 4.13. The second kappa shape index (κ2) is 8.56. The molecule has 0 saturated carbocycles. The first-order valence-electron chi connectivity index (χ1n) is 10.2.